The van der Waals surface area contributed by atoms with Crippen molar-refractivity contribution in [2.45, 2.75) is 12.1 Å². The molecule has 16 heavy (non-hydrogen) atoms. The minimum Gasteiger partial charge on any atom is -0.439 e. The van der Waals surface area contributed by atoms with Gasteiger partial charge in [0.2, 0.25) is 0 Å². The Labute approximate surface area is 91.8 Å². The molecule has 1 heterocycles. The van der Waals surface area contributed by atoms with Gasteiger partial charge in [0.25, 0.3) is 0 Å². The second-order valence-electron chi connectivity index (χ2n) is 3.43. The number of nitrogens with one attached hydrogen (secondary N) is 1. The van der Waals surface area contributed by atoms with E-state index in [9.17, 15) is 9.18 Å². The molecule has 0 aromatic heterocycles. The first-order chi connectivity index (χ1) is 7.74. The van der Waals surface area contributed by atoms with Gasteiger partial charge in [0.15, 0.2) is 11.8 Å². The fraction of sp³-hybridized carbons (Fsp3) is 0.273. The molecular weight excluding hydrogens is 211 g/mol. The second-order valence-corrected chi connectivity index (χ2v) is 3.43. The van der Waals surface area contributed by atoms with E-state index in [1.54, 1.807) is 24.3 Å². The second kappa shape index (κ2) is 4.19. The maximum atomic E-state index is 12.6. The van der Waals surface area contributed by atoms with E-state index in [1.165, 1.54) is 0 Å². The van der Waals surface area contributed by atoms with E-state index in [0.29, 0.717) is 11.3 Å². The van der Waals surface area contributed by atoms with E-state index < -0.39 is 24.9 Å². The highest BCUT2D eigenvalue weighted by atomic mass is 19.1. The summed E-state index contributed by atoms with van der Waals surface area (Å²) in [6, 6.07) is 5.92. The number of rotatable bonds is 2. The highest BCUT2D eigenvalue weighted by molar-refractivity contribution is 5.70. The van der Waals surface area contributed by atoms with Crippen LogP contribution in [-0.4, -0.2) is 18.8 Å². The van der Waals surface area contributed by atoms with Crippen LogP contribution in [0.4, 0.5) is 14.9 Å². The van der Waals surface area contributed by atoms with Crippen molar-refractivity contribution >= 4 is 11.8 Å². The molecule has 82 valence electrons. The van der Waals surface area contributed by atoms with Crippen molar-refractivity contribution in [1.29, 1.82) is 0 Å². The zero-order valence-corrected chi connectivity index (χ0v) is 8.31. The Morgan fingerprint density at radius 2 is 2.12 bits per heavy atom. The third-order valence-electron chi connectivity index (χ3n) is 2.42. The van der Waals surface area contributed by atoms with Crippen molar-refractivity contribution in [3.05, 3.63) is 41.2 Å². The van der Waals surface area contributed by atoms with Gasteiger partial charge in [-0.3, -0.25) is 0 Å². The third-order valence-corrected chi connectivity index (χ3v) is 2.42. The maximum absolute atomic E-state index is 12.6. The Hall–Kier alpha value is -2.09. The minimum atomic E-state index is -0.680. The summed E-state index contributed by atoms with van der Waals surface area (Å²) in [6.45, 7) is 6.12. The topological polar surface area (TPSA) is 42.7 Å². The van der Waals surface area contributed by atoms with Crippen LogP contribution in [0.15, 0.2) is 24.3 Å². The SMILES string of the molecule is [C-]#[N+]c1ccc([C@H]2OC(=O)N[C@@H]2CF)cc1. The Kier molecular flexibility index (Phi) is 2.73. The smallest absolute Gasteiger partial charge is 0.408 e. The lowest BCUT2D eigenvalue weighted by molar-refractivity contribution is 0.128. The van der Waals surface area contributed by atoms with Gasteiger partial charge in [-0.2, -0.15) is 0 Å². The molecule has 0 radical (unpaired) electrons. The predicted octanol–water partition coefficient (Wildman–Crippen LogP) is 2.36. The fourth-order valence-electron chi connectivity index (χ4n) is 1.62. The zero-order valence-electron chi connectivity index (χ0n) is 8.31. The van der Waals surface area contributed by atoms with Crippen LogP contribution in [0.25, 0.3) is 4.85 Å². The van der Waals surface area contributed by atoms with E-state index in [1.807, 2.05) is 0 Å². The van der Waals surface area contributed by atoms with Crippen LogP contribution in [0.1, 0.15) is 11.7 Å². The number of carbonyl (C=O) groups excluding carboxylic acids is 1. The van der Waals surface area contributed by atoms with Crippen LogP contribution in [0.2, 0.25) is 0 Å². The molecule has 0 bridgehead atoms. The normalized spacial score (nSPS) is 23.4. The zero-order chi connectivity index (χ0) is 11.5. The van der Waals surface area contributed by atoms with Gasteiger partial charge >= 0.3 is 6.09 Å². The van der Waals surface area contributed by atoms with Crippen molar-refractivity contribution in [1.82, 2.24) is 5.32 Å². The van der Waals surface area contributed by atoms with Crippen molar-refractivity contribution in [3.63, 3.8) is 0 Å². The average Bonchev–Trinajstić information content (AvgIpc) is 2.70. The number of alkyl carbamates (subject to hydrolysis) is 1. The Balaban J connectivity index is 2.23. The lowest BCUT2D eigenvalue weighted by Gasteiger charge is -2.13. The summed E-state index contributed by atoms with van der Waals surface area (Å²) in [5, 5.41) is 2.38. The van der Waals surface area contributed by atoms with Crippen LogP contribution in [0.3, 0.4) is 0 Å². The lowest BCUT2D eigenvalue weighted by atomic mass is 10.0. The third kappa shape index (κ3) is 1.82. The minimum absolute atomic E-state index is 0.498. The molecule has 0 unspecified atom stereocenters. The Morgan fingerprint density at radius 1 is 1.44 bits per heavy atom. The first kappa shape index (κ1) is 10.4. The first-order valence-electron chi connectivity index (χ1n) is 4.75. The van der Waals surface area contributed by atoms with Crippen molar-refractivity contribution in [2.75, 3.05) is 6.67 Å². The summed E-state index contributed by atoms with van der Waals surface area (Å²) >= 11 is 0. The molecular formula is C11H9FN2O2. The molecule has 1 aliphatic heterocycles. The van der Waals surface area contributed by atoms with E-state index in [2.05, 4.69) is 10.2 Å². The summed E-state index contributed by atoms with van der Waals surface area (Å²) < 4.78 is 17.6. The molecule has 4 nitrogen and oxygen atoms in total. The molecule has 2 rings (SSSR count). The number of ether oxygens (including phenoxy) is 1. The molecule has 0 spiro atoms. The molecule has 1 aliphatic rings. The number of halogens is 1. The monoisotopic (exact) mass is 220 g/mol. The first-order valence-corrected chi connectivity index (χ1v) is 4.75. The van der Waals surface area contributed by atoms with Gasteiger partial charge in [-0.25, -0.2) is 14.0 Å². The van der Waals surface area contributed by atoms with E-state index in [0.717, 1.165) is 0 Å². The van der Waals surface area contributed by atoms with Gasteiger partial charge < -0.3 is 10.1 Å². The molecule has 0 aliphatic carbocycles. The van der Waals surface area contributed by atoms with Crippen LogP contribution >= 0.6 is 0 Å². The molecule has 1 amide bonds. The number of benzene rings is 1. The lowest BCUT2D eigenvalue weighted by Crippen LogP contribution is -2.29. The molecule has 1 aromatic rings. The van der Waals surface area contributed by atoms with Gasteiger partial charge in [0.05, 0.1) is 6.57 Å². The Bertz CT molecular complexity index is 438. The number of nitrogens with zero attached hydrogens (tertiary/aromatic N) is 1. The van der Waals surface area contributed by atoms with Crippen molar-refractivity contribution < 1.29 is 13.9 Å². The van der Waals surface area contributed by atoms with Crippen LogP contribution in [-0.2, 0) is 4.74 Å². The van der Waals surface area contributed by atoms with E-state index in [-0.39, 0.29) is 0 Å². The summed E-state index contributed by atoms with van der Waals surface area (Å²) in [6.07, 6.45) is -1.22. The quantitative estimate of drug-likeness (QED) is 0.777. The van der Waals surface area contributed by atoms with Crippen molar-refractivity contribution in [2.24, 2.45) is 0 Å². The highest BCUT2D eigenvalue weighted by Gasteiger charge is 2.34. The van der Waals surface area contributed by atoms with Gasteiger partial charge in [0, 0.05) is 0 Å². The van der Waals surface area contributed by atoms with Crippen molar-refractivity contribution in [3.8, 4) is 0 Å². The standard InChI is InChI=1S/C11H9FN2O2/c1-13-8-4-2-7(3-5-8)10-9(6-12)14-11(15)16-10/h2-5,9-10H,6H2,(H,14,15)/t9-,10-/m1/s1. The highest BCUT2D eigenvalue weighted by Crippen LogP contribution is 2.28. The predicted molar refractivity (Wildman–Crippen MR) is 54.8 cm³/mol. The number of alkyl halides is 1. The molecule has 5 heteroatoms. The molecule has 1 fully saturated rings. The van der Waals surface area contributed by atoms with Gasteiger partial charge in [0.1, 0.15) is 12.7 Å². The van der Waals surface area contributed by atoms with Crippen LogP contribution in [0.5, 0.6) is 0 Å². The van der Waals surface area contributed by atoms with E-state index in [4.69, 9.17) is 11.3 Å². The fourth-order valence-corrected chi connectivity index (χ4v) is 1.62. The molecule has 0 saturated carbocycles. The number of hydrogen-bond donors (Lipinski definition) is 1. The molecule has 1 aromatic carbocycles. The number of hydrogen-bond acceptors (Lipinski definition) is 2. The summed E-state index contributed by atoms with van der Waals surface area (Å²) in [7, 11) is 0. The molecule has 1 saturated heterocycles. The number of cyclic esters (lactones) is 1. The Morgan fingerprint density at radius 3 is 2.69 bits per heavy atom. The number of carbonyl (C=O) groups is 1. The largest absolute Gasteiger partial charge is 0.439 e. The molecule has 2 atom stereocenters. The van der Waals surface area contributed by atoms with Gasteiger partial charge in [-0.15, -0.1) is 0 Å². The summed E-state index contributed by atoms with van der Waals surface area (Å²) in [5.74, 6) is 0. The van der Waals surface area contributed by atoms with Gasteiger partial charge in [-0.1, -0.05) is 24.3 Å². The molecule has 1 N–H and O–H groups in total. The summed E-state index contributed by atoms with van der Waals surface area (Å²) in [5.41, 5.74) is 1.19. The van der Waals surface area contributed by atoms with E-state index >= 15 is 0 Å². The maximum Gasteiger partial charge on any atom is 0.408 e. The van der Waals surface area contributed by atoms with Crippen LogP contribution < -0.4 is 5.32 Å². The summed E-state index contributed by atoms with van der Waals surface area (Å²) in [4.78, 5) is 14.2. The average molecular weight is 220 g/mol. The number of amides is 1. The van der Waals surface area contributed by atoms with Gasteiger partial charge in [-0.05, 0) is 5.56 Å². The van der Waals surface area contributed by atoms with Crippen LogP contribution in [0, 0.1) is 6.57 Å².